The Morgan fingerprint density at radius 2 is 1.61 bits per heavy atom. The topological polar surface area (TPSA) is 60.4 Å². The minimum atomic E-state index is -4.20. The Morgan fingerprint density at radius 1 is 0.968 bits per heavy atom. The Balaban J connectivity index is 1.84. The fraction of sp³-hybridized carbons (Fsp3) is 0.308. The zero-order valence-electron chi connectivity index (χ0n) is 18.6. The second kappa shape index (κ2) is 9.25. The Morgan fingerprint density at radius 3 is 2.26 bits per heavy atom. The molecule has 1 aliphatic carbocycles. The second-order valence-electron chi connectivity index (χ2n) is 8.63. The maximum atomic E-state index is 11.1. The number of fused-ring (bicyclic) bond motifs is 1. The van der Waals surface area contributed by atoms with Gasteiger partial charge < -0.3 is 9.45 Å². The van der Waals surface area contributed by atoms with Crippen molar-refractivity contribution in [2.75, 3.05) is 24.7 Å². The Bertz CT molecular complexity index is 1120. The maximum Gasteiger partial charge on any atom is 0.0946 e. The molecule has 0 N–H and O–H groups in total. The molecule has 0 amide bonds. The van der Waals surface area contributed by atoms with Gasteiger partial charge >= 0.3 is 0 Å². The van der Waals surface area contributed by atoms with Crippen LogP contribution in [-0.4, -0.2) is 32.8 Å². The van der Waals surface area contributed by atoms with Crippen LogP contribution in [0.5, 0.6) is 0 Å². The summed E-state index contributed by atoms with van der Waals surface area (Å²) >= 11 is 0. The minimum Gasteiger partial charge on any atom is -0.748 e. The Hall–Kier alpha value is -2.63. The van der Waals surface area contributed by atoms with Gasteiger partial charge in [-0.25, -0.2) is 8.42 Å². The first-order valence-electron chi connectivity index (χ1n) is 10.5. The van der Waals surface area contributed by atoms with E-state index in [0.717, 1.165) is 22.4 Å². The van der Waals surface area contributed by atoms with Gasteiger partial charge in [0.15, 0.2) is 0 Å². The van der Waals surface area contributed by atoms with Crippen molar-refractivity contribution in [3.05, 3.63) is 89.0 Å². The summed E-state index contributed by atoms with van der Waals surface area (Å²) in [5.41, 5.74) is 6.79. The van der Waals surface area contributed by atoms with Crippen LogP contribution in [0.4, 0.5) is 5.69 Å². The first-order chi connectivity index (χ1) is 14.6. The molecule has 164 valence electrons. The molecular weight excluding hydrogens is 406 g/mol. The average Bonchev–Trinajstić information content (AvgIpc) is 2.92. The van der Waals surface area contributed by atoms with Gasteiger partial charge in [0.25, 0.3) is 0 Å². The summed E-state index contributed by atoms with van der Waals surface area (Å²) in [6.45, 7) is 4.37. The van der Waals surface area contributed by atoms with E-state index in [0.29, 0.717) is 12.8 Å². The molecule has 0 radical (unpaired) electrons. The van der Waals surface area contributed by atoms with Crippen molar-refractivity contribution in [1.29, 1.82) is 0 Å². The fourth-order valence-electron chi connectivity index (χ4n) is 4.16. The van der Waals surface area contributed by atoms with E-state index < -0.39 is 10.1 Å². The minimum absolute atomic E-state index is 0.181. The van der Waals surface area contributed by atoms with E-state index >= 15 is 0 Å². The fourth-order valence-corrected chi connectivity index (χ4v) is 4.66. The molecule has 0 saturated carbocycles. The van der Waals surface area contributed by atoms with Crippen LogP contribution in [0.15, 0.2) is 72.3 Å². The molecule has 0 bridgehead atoms. The largest absolute Gasteiger partial charge is 0.748 e. The highest BCUT2D eigenvalue weighted by Gasteiger charge is 2.35. The van der Waals surface area contributed by atoms with E-state index in [1.165, 1.54) is 11.1 Å². The first-order valence-corrected chi connectivity index (χ1v) is 12.1. The molecule has 0 saturated heterocycles. The average molecular weight is 437 g/mol. The predicted octanol–water partition coefficient (Wildman–Crippen LogP) is 5.39. The second-order valence-corrected chi connectivity index (χ2v) is 10.2. The van der Waals surface area contributed by atoms with Crippen molar-refractivity contribution in [1.82, 2.24) is 0 Å². The Kier molecular flexibility index (Phi) is 6.87. The summed E-state index contributed by atoms with van der Waals surface area (Å²) in [6, 6.07) is 16.6. The molecule has 0 aliphatic heterocycles. The summed E-state index contributed by atoms with van der Waals surface area (Å²) < 4.78 is 33.2. The van der Waals surface area contributed by atoms with Gasteiger partial charge in [0.05, 0.1) is 10.1 Å². The molecule has 0 fully saturated rings. The summed E-state index contributed by atoms with van der Waals surface area (Å²) in [5, 5.41) is 0. The van der Waals surface area contributed by atoms with Crippen LogP contribution in [0.1, 0.15) is 43.4 Å². The third-order valence-corrected chi connectivity index (χ3v) is 6.61. The number of benzene rings is 2. The molecule has 2 aromatic rings. The van der Waals surface area contributed by atoms with Crippen LogP contribution < -0.4 is 4.90 Å². The van der Waals surface area contributed by atoms with Crippen LogP contribution in [0.3, 0.4) is 0 Å². The van der Waals surface area contributed by atoms with E-state index in [9.17, 15) is 13.0 Å². The zero-order chi connectivity index (χ0) is 22.6. The van der Waals surface area contributed by atoms with Gasteiger partial charge in [0, 0.05) is 31.0 Å². The van der Waals surface area contributed by atoms with Gasteiger partial charge in [-0.3, -0.25) is 0 Å². The third kappa shape index (κ3) is 5.54. The van der Waals surface area contributed by atoms with Gasteiger partial charge in [-0.15, -0.1) is 0 Å². The summed E-state index contributed by atoms with van der Waals surface area (Å²) in [7, 11) is -0.163. The Labute approximate surface area is 186 Å². The van der Waals surface area contributed by atoms with E-state index in [1.54, 1.807) is 0 Å². The number of allylic oxidation sites excluding steroid dienone is 5. The lowest BCUT2D eigenvalue weighted by molar-refractivity contribution is 0.461. The molecule has 0 aromatic heterocycles. The van der Waals surface area contributed by atoms with Crippen LogP contribution in [0.2, 0.25) is 0 Å². The zero-order valence-corrected chi connectivity index (χ0v) is 19.4. The number of hydrogen-bond acceptors (Lipinski definition) is 4. The van der Waals surface area contributed by atoms with Crippen molar-refractivity contribution in [3.8, 4) is 0 Å². The summed E-state index contributed by atoms with van der Waals surface area (Å²) in [4.78, 5) is 2.07. The first kappa shape index (κ1) is 23.0. The quantitative estimate of drug-likeness (QED) is 0.411. The van der Waals surface area contributed by atoms with Crippen LogP contribution in [0, 0.1) is 0 Å². The van der Waals surface area contributed by atoms with Crippen molar-refractivity contribution >= 4 is 27.5 Å². The van der Waals surface area contributed by atoms with Crippen LogP contribution in [-0.2, 0) is 15.5 Å². The molecule has 4 nitrogen and oxygen atoms in total. The van der Waals surface area contributed by atoms with E-state index in [4.69, 9.17) is 0 Å². The molecule has 0 spiro atoms. The number of rotatable bonds is 8. The molecule has 3 rings (SSSR count). The van der Waals surface area contributed by atoms with Crippen LogP contribution in [0.25, 0.3) is 11.6 Å². The van der Waals surface area contributed by atoms with E-state index in [1.807, 2.05) is 38.4 Å². The highest BCUT2D eigenvalue weighted by molar-refractivity contribution is 7.85. The molecule has 5 heteroatoms. The van der Waals surface area contributed by atoms with Gasteiger partial charge in [0.1, 0.15) is 0 Å². The van der Waals surface area contributed by atoms with E-state index in [-0.39, 0.29) is 11.2 Å². The van der Waals surface area contributed by atoms with Gasteiger partial charge in [-0.2, -0.15) is 0 Å². The molecular formula is C26H30NO3S-. The number of nitrogens with zero attached hydrogens (tertiary/aromatic N) is 1. The van der Waals surface area contributed by atoms with Crippen molar-refractivity contribution in [3.63, 3.8) is 0 Å². The third-order valence-electron chi connectivity index (χ3n) is 5.82. The lowest BCUT2D eigenvalue weighted by Gasteiger charge is -2.22. The van der Waals surface area contributed by atoms with E-state index in [2.05, 4.69) is 67.3 Å². The van der Waals surface area contributed by atoms with Gasteiger partial charge in [-0.05, 0) is 52.8 Å². The standard InChI is InChI=1S/C26H31NO3S/c1-26(2)24-14-8-6-11-22(24)23(12-9-19-31(28,29)30)25(26)13-7-5-10-20-15-17-21(18-16-20)27(3)4/h5-8,10-11,13-18H,9,12,19H2,1-4H3,(H,28,29,30)/p-1. The maximum absolute atomic E-state index is 11.1. The van der Waals surface area contributed by atoms with Crippen molar-refractivity contribution in [2.45, 2.75) is 32.1 Å². The number of anilines is 1. The van der Waals surface area contributed by atoms with Gasteiger partial charge in [-0.1, -0.05) is 74.5 Å². The lowest BCUT2D eigenvalue weighted by atomic mass is 9.81. The molecule has 1 aliphatic rings. The number of hydrogen-bond donors (Lipinski definition) is 0. The SMILES string of the molecule is CN(C)c1ccc(C=CC=CC2=C(CCCS(=O)(=O)[O-])c3ccccc3C2(C)C)cc1. The van der Waals surface area contributed by atoms with Crippen LogP contribution >= 0.6 is 0 Å². The molecule has 0 heterocycles. The molecule has 0 atom stereocenters. The summed E-state index contributed by atoms with van der Waals surface area (Å²) in [6.07, 6.45) is 9.14. The monoisotopic (exact) mass is 436 g/mol. The highest BCUT2D eigenvalue weighted by Crippen LogP contribution is 2.48. The normalized spacial score (nSPS) is 15.8. The van der Waals surface area contributed by atoms with Gasteiger partial charge in [0.2, 0.25) is 0 Å². The molecule has 0 unspecified atom stereocenters. The molecule has 2 aromatic carbocycles. The highest BCUT2D eigenvalue weighted by atomic mass is 32.2. The summed E-state index contributed by atoms with van der Waals surface area (Å²) in [5.74, 6) is -0.334. The van der Waals surface area contributed by atoms with Crippen molar-refractivity contribution < 1.29 is 13.0 Å². The lowest BCUT2D eigenvalue weighted by Crippen LogP contribution is -2.16. The predicted molar refractivity (Wildman–Crippen MR) is 129 cm³/mol. The molecule has 31 heavy (non-hydrogen) atoms. The smallest absolute Gasteiger partial charge is 0.0946 e. The van der Waals surface area contributed by atoms with Crippen molar-refractivity contribution in [2.24, 2.45) is 0 Å².